The van der Waals surface area contributed by atoms with Crippen molar-refractivity contribution in [2.24, 2.45) is 5.10 Å². The minimum absolute atomic E-state index is 0.200. The molecule has 1 aliphatic rings. The molecule has 19 heavy (non-hydrogen) atoms. The number of ketones is 1. The van der Waals surface area contributed by atoms with Crippen LogP contribution in [0.1, 0.15) is 47.2 Å². The highest BCUT2D eigenvalue weighted by Crippen LogP contribution is 2.12. The Morgan fingerprint density at radius 1 is 1.26 bits per heavy atom. The molecule has 1 aromatic carbocycles. The molecule has 4 nitrogen and oxygen atoms in total. The summed E-state index contributed by atoms with van der Waals surface area (Å²) in [5.41, 5.74) is 5.99. The van der Waals surface area contributed by atoms with Crippen molar-refractivity contribution in [3.63, 3.8) is 0 Å². The van der Waals surface area contributed by atoms with Gasteiger partial charge >= 0.3 is 0 Å². The smallest absolute Gasteiger partial charge is 0.271 e. The van der Waals surface area contributed by atoms with Gasteiger partial charge < -0.3 is 0 Å². The van der Waals surface area contributed by atoms with Crippen LogP contribution in [-0.4, -0.2) is 17.4 Å². The number of rotatable bonds is 2. The molecule has 4 heteroatoms. The molecule has 0 aliphatic heterocycles. The van der Waals surface area contributed by atoms with Crippen LogP contribution >= 0.6 is 0 Å². The maximum Gasteiger partial charge on any atom is 0.271 e. The van der Waals surface area contributed by atoms with Gasteiger partial charge in [-0.25, -0.2) is 5.43 Å². The Kier molecular flexibility index (Phi) is 4.10. The van der Waals surface area contributed by atoms with Crippen molar-refractivity contribution in [2.45, 2.75) is 39.5 Å². The lowest BCUT2D eigenvalue weighted by atomic mass is 9.97. The molecule has 1 saturated carbocycles. The molecule has 1 amide bonds. The van der Waals surface area contributed by atoms with E-state index in [0.29, 0.717) is 18.4 Å². The number of amides is 1. The van der Waals surface area contributed by atoms with Crippen molar-refractivity contribution in [2.75, 3.05) is 0 Å². The van der Waals surface area contributed by atoms with Gasteiger partial charge in [0.2, 0.25) is 0 Å². The Morgan fingerprint density at radius 3 is 2.74 bits per heavy atom. The van der Waals surface area contributed by atoms with E-state index in [9.17, 15) is 9.59 Å². The molecule has 0 radical (unpaired) electrons. The van der Waals surface area contributed by atoms with Gasteiger partial charge in [-0.05, 0) is 38.3 Å². The second-order valence-electron chi connectivity index (χ2n) is 5.01. The first-order valence-corrected chi connectivity index (χ1v) is 6.51. The van der Waals surface area contributed by atoms with Crippen LogP contribution in [0.5, 0.6) is 0 Å². The van der Waals surface area contributed by atoms with Gasteiger partial charge in [-0.2, -0.15) is 5.10 Å². The number of aryl methyl sites for hydroxylation is 2. The van der Waals surface area contributed by atoms with Gasteiger partial charge in [-0.1, -0.05) is 17.7 Å². The summed E-state index contributed by atoms with van der Waals surface area (Å²) in [7, 11) is 0. The number of hydrogen-bond acceptors (Lipinski definition) is 3. The summed E-state index contributed by atoms with van der Waals surface area (Å²) in [6, 6.07) is 5.66. The van der Waals surface area contributed by atoms with Crippen molar-refractivity contribution in [1.82, 2.24) is 5.43 Å². The number of hydrazone groups is 1. The topological polar surface area (TPSA) is 58.5 Å². The van der Waals surface area contributed by atoms with Crippen LogP contribution in [0.3, 0.4) is 0 Å². The Bertz CT molecular complexity index is 547. The van der Waals surface area contributed by atoms with E-state index >= 15 is 0 Å². The number of benzene rings is 1. The quantitative estimate of drug-likeness (QED) is 0.829. The number of carbonyl (C=O) groups excluding carboxylic acids is 2. The number of nitrogens with zero attached hydrogens (tertiary/aromatic N) is 1. The number of nitrogens with one attached hydrogen (secondary N) is 1. The molecule has 1 fully saturated rings. The standard InChI is InChI=1S/C15H18N2O2/c1-10-6-7-14(11(2)8-10)15(19)17-16-12-4-3-5-13(18)9-12/h6-8H,3-5,9H2,1-2H3,(H,17,19)/b16-12+. The zero-order valence-electron chi connectivity index (χ0n) is 11.3. The third-order valence-corrected chi connectivity index (χ3v) is 3.26. The minimum Gasteiger partial charge on any atom is -0.299 e. The van der Waals surface area contributed by atoms with Crippen LogP contribution in [0.2, 0.25) is 0 Å². The van der Waals surface area contributed by atoms with E-state index in [2.05, 4.69) is 10.5 Å². The molecule has 0 heterocycles. The SMILES string of the molecule is Cc1ccc(C(=O)N/N=C2\CCCC(=O)C2)c(C)c1. The zero-order chi connectivity index (χ0) is 13.8. The molecule has 100 valence electrons. The van der Waals surface area contributed by atoms with Gasteiger partial charge in [0.25, 0.3) is 5.91 Å². The Labute approximate surface area is 112 Å². The monoisotopic (exact) mass is 258 g/mol. The second-order valence-corrected chi connectivity index (χ2v) is 5.01. The normalized spacial score (nSPS) is 17.6. The summed E-state index contributed by atoms with van der Waals surface area (Å²) >= 11 is 0. The van der Waals surface area contributed by atoms with Crippen molar-refractivity contribution in [3.05, 3.63) is 34.9 Å². The van der Waals surface area contributed by atoms with Crippen LogP contribution in [-0.2, 0) is 4.79 Å². The molecule has 1 aliphatic carbocycles. The summed E-state index contributed by atoms with van der Waals surface area (Å²) in [5, 5.41) is 4.07. The molecule has 0 saturated heterocycles. The maximum absolute atomic E-state index is 12.0. The summed E-state index contributed by atoms with van der Waals surface area (Å²) in [4.78, 5) is 23.3. The highest BCUT2D eigenvalue weighted by atomic mass is 16.2. The molecule has 2 rings (SSSR count). The minimum atomic E-state index is -0.219. The highest BCUT2D eigenvalue weighted by molar-refractivity contribution is 6.04. The molecule has 0 spiro atoms. The van der Waals surface area contributed by atoms with Crippen LogP contribution in [0.25, 0.3) is 0 Å². The van der Waals surface area contributed by atoms with Crippen LogP contribution in [0, 0.1) is 13.8 Å². The Hall–Kier alpha value is -1.97. The molecule has 1 N–H and O–H groups in total. The largest absolute Gasteiger partial charge is 0.299 e. The van der Waals surface area contributed by atoms with Crippen molar-refractivity contribution >= 4 is 17.4 Å². The van der Waals surface area contributed by atoms with E-state index in [1.807, 2.05) is 26.0 Å². The third-order valence-electron chi connectivity index (χ3n) is 3.26. The molecule has 0 bridgehead atoms. The first kappa shape index (κ1) is 13.5. The van der Waals surface area contributed by atoms with Crippen LogP contribution < -0.4 is 5.43 Å². The van der Waals surface area contributed by atoms with Gasteiger partial charge in [0, 0.05) is 24.1 Å². The summed E-state index contributed by atoms with van der Waals surface area (Å²) in [6.45, 7) is 3.89. The van der Waals surface area contributed by atoms with E-state index < -0.39 is 0 Å². The predicted molar refractivity (Wildman–Crippen MR) is 74.3 cm³/mol. The fraction of sp³-hybridized carbons (Fsp3) is 0.400. The maximum atomic E-state index is 12.0. The Balaban J connectivity index is 2.05. The summed E-state index contributed by atoms with van der Waals surface area (Å²) < 4.78 is 0. The Morgan fingerprint density at radius 2 is 2.05 bits per heavy atom. The van der Waals surface area contributed by atoms with Gasteiger partial charge in [-0.15, -0.1) is 0 Å². The average Bonchev–Trinajstić information content (AvgIpc) is 2.36. The fourth-order valence-corrected chi connectivity index (χ4v) is 2.25. The van der Waals surface area contributed by atoms with Crippen molar-refractivity contribution < 1.29 is 9.59 Å². The molecule has 0 aromatic heterocycles. The summed E-state index contributed by atoms with van der Waals surface area (Å²) in [5.74, 6) is -0.0196. The number of hydrogen-bond donors (Lipinski definition) is 1. The van der Waals surface area contributed by atoms with Gasteiger partial charge in [0.05, 0.1) is 0 Å². The lowest BCUT2D eigenvalue weighted by Crippen LogP contribution is -2.23. The van der Waals surface area contributed by atoms with E-state index in [4.69, 9.17) is 0 Å². The van der Waals surface area contributed by atoms with Crippen LogP contribution in [0.4, 0.5) is 0 Å². The predicted octanol–water partition coefficient (Wildman–Crippen LogP) is 2.53. The van der Waals surface area contributed by atoms with E-state index in [1.54, 1.807) is 6.07 Å². The molecule has 0 unspecified atom stereocenters. The lowest BCUT2D eigenvalue weighted by Gasteiger charge is -2.12. The molecule has 1 aromatic rings. The first-order valence-electron chi connectivity index (χ1n) is 6.51. The molecule has 0 atom stereocenters. The number of carbonyl (C=O) groups is 2. The average molecular weight is 258 g/mol. The molecular formula is C15H18N2O2. The number of Topliss-reactive ketones (excluding diaryl/α,β-unsaturated/α-hetero) is 1. The van der Waals surface area contributed by atoms with Crippen LogP contribution in [0.15, 0.2) is 23.3 Å². The fourth-order valence-electron chi connectivity index (χ4n) is 2.25. The third kappa shape index (κ3) is 3.50. The lowest BCUT2D eigenvalue weighted by molar-refractivity contribution is -0.118. The van der Waals surface area contributed by atoms with Gasteiger partial charge in [-0.3, -0.25) is 9.59 Å². The van der Waals surface area contributed by atoms with Crippen molar-refractivity contribution in [1.29, 1.82) is 0 Å². The van der Waals surface area contributed by atoms with Gasteiger partial charge in [0.15, 0.2) is 0 Å². The van der Waals surface area contributed by atoms with E-state index in [-0.39, 0.29) is 11.7 Å². The second kappa shape index (κ2) is 5.78. The molecular weight excluding hydrogens is 240 g/mol. The first-order chi connectivity index (χ1) is 9.06. The van der Waals surface area contributed by atoms with E-state index in [1.165, 1.54) is 0 Å². The van der Waals surface area contributed by atoms with Crippen molar-refractivity contribution in [3.8, 4) is 0 Å². The van der Waals surface area contributed by atoms with Gasteiger partial charge in [0.1, 0.15) is 5.78 Å². The summed E-state index contributed by atoms with van der Waals surface area (Å²) in [6.07, 6.45) is 2.62. The van der Waals surface area contributed by atoms with E-state index in [0.717, 1.165) is 29.7 Å². The highest BCUT2D eigenvalue weighted by Gasteiger charge is 2.15. The zero-order valence-corrected chi connectivity index (χ0v) is 11.3.